The summed E-state index contributed by atoms with van der Waals surface area (Å²) in [6, 6.07) is 0.258. The van der Waals surface area contributed by atoms with Crippen LogP contribution in [-0.2, 0) is 12.8 Å². The standard InChI is InChI=1S/C15H21N3O/c1-2-6-11-7-5-10-18(11)15(19)14-12-8-3-4-9-13(12)16-17-14/h5,7,11H,2-4,6,8-10H2,1H3,(H,16,17)/t11-/m0/s1. The highest BCUT2D eigenvalue weighted by molar-refractivity contribution is 5.94. The van der Waals surface area contributed by atoms with Gasteiger partial charge in [0.25, 0.3) is 5.91 Å². The Hall–Kier alpha value is -1.58. The molecule has 3 rings (SSSR count). The molecule has 4 nitrogen and oxygen atoms in total. The van der Waals surface area contributed by atoms with Gasteiger partial charge in [-0.1, -0.05) is 25.5 Å². The highest BCUT2D eigenvalue weighted by Crippen LogP contribution is 2.25. The van der Waals surface area contributed by atoms with Crippen LogP contribution in [-0.4, -0.2) is 33.6 Å². The minimum atomic E-state index is 0.0999. The van der Waals surface area contributed by atoms with E-state index < -0.39 is 0 Å². The van der Waals surface area contributed by atoms with Crippen molar-refractivity contribution in [3.63, 3.8) is 0 Å². The molecular formula is C15H21N3O. The summed E-state index contributed by atoms with van der Waals surface area (Å²) in [5.74, 6) is 0.0999. The fourth-order valence-electron chi connectivity index (χ4n) is 3.15. The van der Waals surface area contributed by atoms with Crippen molar-refractivity contribution in [2.75, 3.05) is 6.54 Å². The van der Waals surface area contributed by atoms with Crippen LogP contribution >= 0.6 is 0 Å². The first-order valence-electron chi connectivity index (χ1n) is 7.35. The van der Waals surface area contributed by atoms with Gasteiger partial charge in [-0.2, -0.15) is 5.10 Å². The summed E-state index contributed by atoms with van der Waals surface area (Å²) >= 11 is 0. The molecule has 19 heavy (non-hydrogen) atoms. The number of hydrogen-bond acceptors (Lipinski definition) is 2. The number of H-pyrrole nitrogens is 1. The first kappa shape index (κ1) is 12.5. The smallest absolute Gasteiger partial charge is 0.275 e. The molecule has 0 bridgehead atoms. The van der Waals surface area contributed by atoms with Crippen LogP contribution in [0.2, 0.25) is 0 Å². The van der Waals surface area contributed by atoms with Crippen molar-refractivity contribution >= 4 is 5.91 Å². The van der Waals surface area contributed by atoms with Crippen LogP contribution in [0.4, 0.5) is 0 Å². The number of hydrogen-bond donors (Lipinski definition) is 1. The zero-order chi connectivity index (χ0) is 13.2. The maximum Gasteiger partial charge on any atom is 0.275 e. The second kappa shape index (κ2) is 5.19. The topological polar surface area (TPSA) is 49.0 Å². The Balaban J connectivity index is 1.82. The average molecular weight is 259 g/mol. The van der Waals surface area contributed by atoms with Gasteiger partial charge in [0.15, 0.2) is 5.69 Å². The fourth-order valence-corrected chi connectivity index (χ4v) is 3.15. The summed E-state index contributed by atoms with van der Waals surface area (Å²) in [4.78, 5) is 14.6. The lowest BCUT2D eigenvalue weighted by atomic mass is 9.95. The second-order valence-electron chi connectivity index (χ2n) is 5.48. The fraction of sp³-hybridized carbons (Fsp3) is 0.600. The number of fused-ring (bicyclic) bond motifs is 1. The summed E-state index contributed by atoms with van der Waals surface area (Å²) in [6.45, 7) is 2.89. The molecule has 1 amide bonds. The lowest BCUT2D eigenvalue weighted by molar-refractivity contribution is 0.0737. The number of aromatic amines is 1. The monoisotopic (exact) mass is 259 g/mol. The molecule has 0 saturated heterocycles. The number of rotatable bonds is 3. The quantitative estimate of drug-likeness (QED) is 0.848. The Morgan fingerprint density at radius 2 is 2.32 bits per heavy atom. The van der Waals surface area contributed by atoms with Crippen molar-refractivity contribution < 1.29 is 4.79 Å². The number of aromatic nitrogens is 2. The predicted octanol–water partition coefficient (Wildman–Crippen LogP) is 2.47. The van der Waals surface area contributed by atoms with Crippen molar-refractivity contribution in [2.24, 2.45) is 0 Å². The summed E-state index contributed by atoms with van der Waals surface area (Å²) in [7, 11) is 0. The van der Waals surface area contributed by atoms with E-state index in [0.717, 1.165) is 32.2 Å². The Morgan fingerprint density at radius 3 is 3.16 bits per heavy atom. The zero-order valence-electron chi connectivity index (χ0n) is 11.5. The number of nitrogens with zero attached hydrogens (tertiary/aromatic N) is 2. The van der Waals surface area contributed by atoms with Crippen molar-refractivity contribution in [1.29, 1.82) is 0 Å². The van der Waals surface area contributed by atoms with Gasteiger partial charge in [-0.25, -0.2) is 0 Å². The van der Waals surface area contributed by atoms with Crippen LogP contribution in [0.5, 0.6) is 0 Å². The van der Waals surface area contributed by atoms with E-state index in [1.54, 1.807) is 0 Å². The maximum absolute atomic E-state index is 12.7. The first-order valence-corrected chi connectivity index (χ1v) is 7.35. The van der Waals surface area contributed by atoms with E-state index in [1.807, 2.05) is 4.90 Å². The van der Waals surface area contributed by atoms with Gasteiger partial charge in [0, 0.05) is 17.8 Å². The molecule has 0 saturated carbocycles. The third kappa shape index (κ3) is 2.20. The molecule has 1 atom stereocenters. The summed E-state index contributed by atoms with van der Waals surface area (Å²) in [5, 5.41) is 7.35. The van der Waals surface area contributed by atoms with Gasteiger partial charge in [-0.3, -0.25) is 9.89 Å². The molecule has 2 aliphatic rings. The molecule has 1 aromatic heterocycles. The molecule has 1 aliphatic heterocycles. The van der Waals surface area contributed by atoms with Crippen LogP contribution in [0, 0.1) is 0 Å². The Morgan fingerprint density at radius 1 is 1.47 bits per heavy atom. The van der Waals surface area contributed by atoms with Gasteiger partial charge in [-0.15, -0.1) is 0 Å². The van der Waals surface area contributed by atoms with E-state index in [4.69, 9.17) is 0 Å². The van der Waals surface area contributed by atoms with Gasteiger partial charge in [0.1, 0.15) is 0 Å². The summed E-state index contributed by atoms with van der Waals surface area (Å²) in [5.41, 5.74) is 3.01. The van der Waals surface area contributed by atoms with Crippen LogP contribution in [0.25, 0.3) is 0 Å². The first-order chi connectivity index (χ1) is 9.31. The highest BCUT2D eigenvalue weighted by Gasteiger charge is 2.30. The Bertz CT molecular complexity index is 503. The van der Waals surface area contributed by atoms with Gasteiger partial charge in [0.05, 0.1) is 6.04 Å². The van der Waals surface area contributed by atoms with E-state index in [1.165, 1.54) is 24.1 Å². The third-order valence-corrected chi connectivity index (χ3v) is 4.16. The largest absolute Gasteiger partial charge is 0.327 e. The Labute approximate surface area is 113 Å². The molecular weight excluding hydrogens is 238 g/mol. The number of carbonyl (C=O) groups excluding carboxylic acids is 1. The van der Waals surface area contributed by atoms with Crippen molar-refractivity contribution in [2.45, 2.75) is 51.5 Å². The Kier molecular flexibility index (Phi) is 3.40. The maximum atomic E-state index is 12.7. The SMILES string of the molecule is CCC[C@H]1C=CCN1C(=O)c1n[nH]c2c1CCCC2. The van der Waals surface area contributed by atoms with Crippen LogP contribution in [0.15, 0.2) is 12.2 Å². The zero-order valence-corrected chi connectivity index (χ0v) is 11.5. The van der Waals surface area contributed by atoms with Gasteiger partial charge >= 0.3 is 0 Å². The van der Waals surface area contributed by atoms with E-state index in [9.17, 15) is 4.79 Å². The molecule has 0 radical (unpaired) electrons. The van der Waals surface area contributed by atoms with E-state index >= 15 is 0 Å². The number of carbonyl (C=O) groups is 1. The number of amides is 1. The van der Waals surface area contributed by atoms with Gasteiger partial charge in [0.2, 0.25) is 0 Å². The normalized spacial score (nSPS) is 21.7. The molecule has 0 aromatic carbocycles. The minimum Gasteiger partial charge on any atom is -0.327 e. The molecule has 0 fully saturated rings. The van der Waals surface area contributed by atoms with Crippen LogP contribution in [0.3, 0.4) is 0 Å². The molecule has 1 N–H and O–H groups in total. The number of aryl methyl sites for hydroxylation is 1. The highest BCUT2D eigenvalue weighted by atomic mass is 16.2. The molecule has 1 aliphatic carbocycles. The summed E-state index contributed by atoms with van der Waals surface area (Å²) in [6.07, 6.45) is 10.8. The molecule has 2 heterocycles. The molecule has 1 aromatic rings. The molecule has 0 spiro atoms. The molecule has 0 unspecified atom stereocenters. The van der Waals surface area contributed by atoms with E-state index in [-0.39, 0.29) is 11.9 Å². The summed E-state index contributed by atoms with van der Waals surface area (Å²) < 4.78 is 0. The lowest BCUT2D eigenvalue weighted by Crippen LogP contribution is -2.36. The minimum absolute atomic E-state index is 0.0999. The van der Waals surface area contributed by atoms with E-state index in [2.05, 4.69) is 29.3 Å². The van der Waals surface area contributed by atoms with Crippen molar-refractivity contribution in [3.05, 3.63) is 29.1 Å². The van der Waals surface area contributed by atoms with Gasteiger partial charge in [-0.05, 0) is 32.1 Å². The molecule has 4 heteroatoms. The molecule has 102 valence electrons. The second-order valence-corrected chi connectivity index (χ2v) is 5.48. The average Bonchev–Trinajstić information content (AvgIpc) is 3.04. The van der Waals surface area contributed by atoms with Crippen LogP contribution in [0.1, 0.15) is 54.4 Å². The van der Waals surface area contributed by atoms with Crippen LogP contribution < -0.4 is 0 Å². The van der Waals surface area contributed by atoms with E-state index in [0.29, 0.717) is 5.69 Å². The van der Waals surface area contributed by atoms with Gasteiger partial charge < -0.3 is 4.90 Å². The number of nitrogens with one attached hydrogen (secondary N) is 1. The predicted molar refractivity (Wildman–Crippen MR) is 74.1 cm³/mol. The van der Waals surface area contributed by atoms with Crippen molar-refractivity contribution in [1.82, 2.24) is 15.1 Å². The lowest BCUT2D eigenvalue weighted by Gasteiger charge is -2.24. The van der Waals surface area contributed by atoms with Crippen molar-refractivity contribution in [3.8, 4) is 0 Å². The third-order valence-electron chi connectivity index (χ3n) is 4.16.